The third kappa shape index (κ3) is 3.26. The topological polar surface area (TPSA) is 114 Å². The Hall–Kier alpha value is -3.29. The van der Waals surface area contributed by atoms with Gasteiger partial charge in [0.2, 0.25) is 0 Å². The lowest BCUT2D eigenvalue weighted by molar-refractivity contribution is 0.0995. The minimum absolute atomic E-state index is 0.187. The van der Waals surface area contributed by atoms with Crippen molar-refractivity contribution < 1.29 is 4.79 Å². The average Bonchev–Trinajstić information content (AvgIpc) is 3.19. The van der Waals surface area contributed by atoms with Crippen molar-refractivity contribution >= 4 is 11.7 Å². The van der Waals surface area contributed by atoms with Crippen molar-refractivity contribution in [2.45, 2.75) is 18.8 Å². The van der Waals surface area contributed by atoms with E-state index in [0.29, 0.717) is 11.7 Å². The molecule has 8 nitrogen and oxygen atoms in total. The number of aromatic amines is 1. The van der Waals surface area contributed by atoms with E-state index < -0.39 is 5.91 Å². The van der Waals surface area contributed by atoms with E-state index in [9.17, 15) is 4.79 Å². The fourth-order valence-electron chi connectivity index (χ4n) is 3.18. The van der Waals surface area contributed by atoms with Crippen LogP contribution in [0.1, 0.15) is 35.1 Å². The SMILES string of the molecule is NC(=O)c1cncc(N2CCC(c3nc(-c4ccccc4)n[nH]3)CC2)n1. The summed E-state index contributed by atoms with van der Waals surface area (Å²) in [4.78, 5) is 26.4. The molecule has 3 aromatic rings. The van der Waals surface area contributed by atoms with Crippen molar-refractivity contribution in [2.75, 3.05) is 18.0 Å². The van der Waals surface area contributed by atoms with E-state index in [0.717, 1.165) is 43.1 Å². The van der Waals surface area contributed by atoms with Gasteiger partial charge in [0.15, 0.2) is 5.82 Å². The molecular weight excluding hydrogens is 330 g/mol. The maximum absolute atomic E-state index is 11.3. The summed E-state index contributed by atoms with van der Waals surface area (Å²) in [5, 5.41) is 7.43. The summed E-state index contributed by atoms with van der Waals surface area (Å²) in [5.41, 5.74) is 6.47. The summed E-state index contributed by atoms with van der Waals surface area (Å²) in [5.74, 6) is 2.08. The standard InChI is InChI=1S/C18H19N7O/c19-16(26)14-10-20-11-15(21-14)25-8-6-13(7-9-25)18-22-17(23-24-18)12-4-2-1-3-5-12/h1-5,10-11,13H,6-9H2,(H2,19,26)(H,22,23,24). The van der Waals surface area contributed by atoms with Crippen molar-refractivity contribution in [3.05, 3.63) is 54.2 Å². The summed E-state index contributed by atoms with van der Waals surface area (Å²) in [6.07, 6.45) is 4.89. The highest BCUT2D eigenvalue weighted by atomic mass is 16.1. The predicted octanol–water partition coefficient (Wildman–Crippen LogP) is 1.74. The molecule has 0 spiro atoms. The summed E-state index contributed by atoms with van der Waals surface area (Å²) >= 11 is 0. The fourth-order valence-corrected chi connectivity index (χ4v) is 3.18. The maximum atomic E-state index is 11.3. The minimum Gasteiger partial charge on any atom is -0.364 e. The number of nitrogens with one attached hydrogen (secondary N) is 1. The molecule has 0 bridgehead atoms. The van der Waals surface area contributed by atoms with Gasteiger partial charge in [-0.1, -0.05) is 30.3 Å². The van der Waals surface area contributed by atoms with Gasteiger partial charge in [-0.15, -0.1) is 0 Å². The van der Waals surface area contributed by atoms with E-state index in [1.54, 1.807) is 6.20 Å². The van der Waals surface area contributed by atoms with Crippen molar-refractivity contribution in [1.82, 2.24) is 25.1 Å². The van der Waals surface area contributed by atoms with Gasteiger partial charge in [0.1, 0.15) is 17.3 Å². The molecule has 4 rings (SSSR count). The number of nitrogens with two attached hydrogens (primary N) is 1. The van der Waals surface area contributed by atoms with Crippen LogP contribution in [0.4, 0.5) is 5.82 Å². The van der Waals surface area contributed by atoms with Crippen LogP contribution in [0.25, 0.3) is 11.4 Å². The van der Waals surface area contributed by atoms with Crippen LogP contribution >= 0.6 is 0 Å². The molecular formula is C18H19N7O. The minimum atomic E-state index is -0.565. The first-order chi connectivity index (χ1) is 12.7. The number of carbonyl (C=O) groups is 1. The molecule has 0 unspecified atom stereocenters. The molecule has 1 saturated heterocycles. The zero-order chi connectivity index (χ0) is 17.9. The molecule has 3 heterocycles. The van der Waals surface area contributed by atoms with Crippen molar-refractivity contribution in [3.8, 4) is 11.4 Å². The van der Waals surface area contributed by atoms with Gasteiger partial charge in [-0.2, -0.15) is 5.10 Å². The molecule has 1 aliphatic rings. The molecule has 3 N–H and O–H groups in total. The molecule has 1 amide bonds. The van der Waals surface area contributed by atoms with E-state index in [1.807, 2.05) is 30.3 Å². The van der Waals surface area contributed by atoms with Gasteiger partial charge in [0, 0.05) is 24.6 Å². The van der Waals surface area contributed by atoms with Crippen molar-refractivity contribution in [2.24, 2.45) is 5.73 Å². The van der Waals surface area contributed by atoms with Crippen LogP contribution in [0.2, 0.25) is 0 Å². The number of amides is 1. The molecule has 1 aromatic carbocycles. The van der Waals surface area contributed by atoms with Crippen molar-refractivity contribution in [1.29, 1.82) is 0 Å². The molecule has 1 fully saturated rings. The Labute approximate surface area is 150 Å². The second kappa shape index (κ2) is 6.91. The first kappa shape index (κ1) is 16.2. The second-order valence-electron chi connectivity index (χ2n) is 6.30. The molecule has 26 heavy (non-hydrogen) atoms. The average molecular weight is 349 g/mol. The second-order valence-corrected chi connectivity index (χ2v) is 6.30. The zero-order valence-corrected chi connectivity index (χ0v) is 14.2. The number of H-pyrrole nitrogens is 1. The molecule has 132 valence electrons. The maximum Gasteiger partial charge on any atom is 0.268 e. The molecule has 0 atom stereocenters. The Morgan fingerprint density at radius 3 is 2.62 bits per heavy atom. The third-order valence-electron chi connectivity index (χ3n) is 4.61. The van der Waals surface area contributed by atoms with Crippen LogP contribution in [0.5, 0.6) is 0 Å². The molecule has 8 heteroatoms. The van der Waals surface area contributed by atoms with Crippen LogP contribution in [0, 0.1) is 0 Å². The van der Waals surface area contributed by atoms with Crippen LogP contribution in [0.3, 0.4) is 0 Å². The number of rotatable bonds is 4. The van der Waals surface area contributed by atoms with Crippen molar-refractivity contribution in [3.63, 3.8) is 0 Å². The van der Waals surface area contributed by atoms with E-state index in [-0.39, 0.29) is 5.69 Å². The summed E-state index contributed by atoms with van der Waals surface area (Å²) < 4.78 is 0. The van der Waals surface area contributed by atoms with Gasteiger partial charge in [-0.3, -0.25) is 14.9 Å². The van der Waals surface area contributed by atoms with Gasteiger partial charge >= 0.3 is 0 Å². The van der Waals surface area contributed by atoms with Gasteiger partial charge in [0.05, 0.1) is 12.4 Å². The van der Waals surface area contributed by atoms with Gasteiger partial charge in [0.25, 0.3) is 5.91 Å². The number of carbonyl (C=O) groups excluding carboxylic acids is 1. The smallest absolute Gasteiger partial charge is 0.268 e. The Bertz CT molecular complexity index is 901. The highest BCUT2D eigenvalue weighted by molar-refractivity contribution is 5.90. The van der Waals surface area contributed by atoms with Crippen LogP contribution in [-0.4, -0.2) is 44.1 Å². The number of hydrogen-bond acceptors (Lipinski definition) is 6. The van der Waals surface area contributed by atoms with E-state index in [4.69, 9.17) is 5.73 Å². The Morgan fingerprint density at radius 2 is 1.88 bits per heavy atom. The highest BCUT2D eigenvalue weighted by Gasteiger charge is 2.24. The van der Waals surface area contributed by atoms with Crippen LogP contribution in [-0.2, 0) is 0 Å². The van der Waals surface area contributed by atoms with Crippen LogP contribution < -0.4 is 10.6 Å². The highest BCUT2D eigenvalue weighted by Crippen LogP contribution is 2.28. The van der Waals surface area contributed by atoms with E-state index in [2.05, 4.69) is 30.0 Å². The summed E-state index contributed by atoms with van der Waals surface area (Å²) in [6.45, 7) is 1.62. The Balaban J connectivity index is 1.43. The quantitative estimate of drug-likeness (QED) is 0.742. The zero-order valence-electron chi connectivity index (χ0n) is 14.2. The first-order valence-corrected chi connectivity index (χ1v) is 8.55. The number of hydrogen-bond donors (Lipinski definition) is 2. The number of piperidine rings is 1. The fraction of sp³-hybridized carbons (Fsp3) is 0.278. The lowest BCUT2D eigenvalue weighted by atomic mass is 9.96. The molecule has 1 aliphatic heterocycles. The lowest BCUT2D eigenvalue weighted by Crippen LogP contribution is -2.34. The Kier molecular flexibility index (Phi) is 4.30. The van der Waals surface area contributed by atoms with Gasteiger partial charge in [-0.25, -0.2) is 9.97 Å². The third-order valence-corrected chi connectivity index (χ3v) is 4.61. The molecule has 0 aliphatic carbocycles. The normalized spacial score (nSPS) is 15.2. The largest absolute Gasteiger partial charge is 0.364 e. The summed E-state index contributed by atoms with van der Waals surface area (Å²) in [7, 11) is 0. The number of aromatic nitrogens is 5. The molecule has 0 saturated carbocycles. The number of anilines is 1. The lowest BCUT2D eigenvalue weighted by Gasteiger charge is -2.31. The molecule has 0 radical (unpaired) electrons. The number of benzene rings is 1. The van der Waals surface area contributed by atoms with E-state index >= 15 is 0 Å². The Morgan fingerprint density at radius 1 is 1.12 bits per heavy atom. The monoisotopic (exact) mass is 349 g/mol. The number of nitrogens with zero attached hydrogens (tertiary/aromatic N) is 5. The van der Waals surface area contributed by atoms with E-state index in [1.165, 1.54) is 6.20 Å². The molecule has 2 aromatic heterocycles. The van der Waals surface area contributed by atoms with Gasteiger partial charge in [-0.05, 0) is 12.8 Å². The first-order valence-electron chi connectivity index (χ1n) is 8.55. The summed E-state index contributed by atoms with van der Waals surface area (Å²) in [6, 6.07) is 9.93. The number of primary amides is 1. The predicted molar refractivity (Wildman–Crippen MR) is 96.6 cm³/mol. The van der Waals surface area contributed by atoms with Gasteiger partial charge < -0.3 is 10.6 Å². The van der Waals surface area contributed by atoms with Crippen LogP contribution in [0.15, 0.2) is 42.7 Å².